The van der Waals surface area contributed by atoms with Crippen molar-refractivity contribution in [2.75, 3.05) is 4.43 Å². The van der Waals surface area contributed by atoms with Crippen LogP contribution in [0.25, 0.3) is 0 Å². The van der Waals surface area contributed by atoms with E-state index in [-0.39, 0.29) is 0 Å². The summed E-state index contributed by atoms with van der Waals surface area (Å²) in [6, 6.07) is 2.20. The first-order valence-corrected chi connectivity index (χ1v) is 6.69. The Balaban J connectivity index is 2.34. The summed E-state index contributed by atoms with van der Waals surface area (Å²) < 4.78 is 2.47. The summed E-state index contributed by atoms with van der Waals surface area (Å²) in [5.41, 5.74) is 3.06. The van der Waals surface area contributed by atoms with E-state index >= 15 is 0 Å². The van der Waals surface area contributed by atoms with Crippen molar-refractivity contribution in [3.63, 3.8) is 0 Å². The molecular weight excluding hydrogens is 249 g/mol. The molecule has 0 aliphatic carbocycles. The maximum absolute atomic E-state index is 4.14. The van der Waals surface area contributed by atoms with Crippen molar-refractivity contribution in [1.82, 2.24) is 4.98 Å². The Hall–Kier alpha value is -0.120. The molecule has 11 heavy (non-hydrogen) atoms. The maximum atomic E-state index is 4.14. The Morgan fingerprint density at radius 1 is 1.73 bits per heavy atom. The Labute approximate surface area is 77.5 Å². The molecule has 0 bridgehead atoms. The van der Waals surface area contributed by atoms with E-state index in [0.717, 1.165) is 10.3 Å². The molecule has 1 aromatic heterocycles. The van der Waals surface area contributed by atoms with E-state index in [1.54, 1.807) is 5.56 Å². The first-order valence-electron chi connectivity index (χ1n) is 3.92. The molecule has 1 fully saturated rings. The van der Waals surface area contributed by atoms with Gasteiger partial charge in [-0.25, -0.2) is 0 Å². The summed E-state index contributed by atoms with van der Waals surface area (Å²) in [6.45, 7) is 2.21. The van der Waals surface area contributed by atoms with Crippen molar-refractivity contribution in [2.45, 2.75) is 17.3 Å². The van der Waals surface area contributed by atoms with Crippen LogP contribution in [0.2, 0.25) is 0 Å². The number of halogens is 1. The average molecular weight is 260 g/mol. The topological polar surface area (TPSA) is 12.9 Å². The monoisotopic (exact) mass is 260 g/mol. The fourth-order valence-corrected chi connectivity index (χ4v) is 3.06. The molecule has 2 heteroatoms. The van der Waals surface area contributed by atoms with Crippen LogP contribution in [0.1, 0.15) is 22.0 Å². The van der Waals surface area contributed by atoms with Gasteiger partial charge in [0, 0.05) is 0 Å². The minimum absolute atomic E-state index is 0.545. The van der Waals surface area contributed by atoms with Crippen LogP contribution in [0.15, 0.2) is 18.5 Å². The fourth-order valence-electron chi connectivity index (χ4n) is 1.25. The zero-order valence-electron chi connectivity index (χ0n) is 6.55. The van der Waals surface area contributed by atoms with Gasteiger partial charge in [0.05, 0.1) is 0 Å². The summed E-state index contributed by atoms with van der Waals surface area (Å²) in [4.78, 5) is 4.14. The van der Waals surface area contributed by atoms with E-state index in [4.69, 9.17) is 0 Å². The van der Waals surface area contributed by atoms with E-state index in [2.05, 4.69) is 18.0 Å². The van der Waals surface area contributed by atoms with Crippen LogP contribution in [-0.2, 0) is 6.42 Å². The molecule has 1 nitrogen and oxygen atoms in total. The third kappa shape index (κ3) is 1.55. The molecule has 1 aliphatic rings. The van der Waals surface area contributed by atoms with Crippen LogP contribution in [-0.4, -0.2) is 9.41 Å². The molecule has 1 unspecified atom stereocenters. The van der Waals surface area contributed by atoms with Gasteiger partial charge in [0.1, 0.15) is 0 Å². The summed E-state index contributed by atoms with van der Waals surface area (Å²) in [5, 5.41) is 0. The van der Waals surface area contributed by atoms with Gasteiger partial charge in [-0.3, -0.25) is 0 Å². The van der Waals surface area contributed by atoms with Gasteiger partial charge in [0.15, 0.2) is 0 Å². The minimum atomic E-state index is 0.545. The van der Waals surface area contributed by atoms with Crippen LogP contribution in [0.3, 0.4) is 0 Å². The van der Waals surface area contributed by atoms with Crippen LogP contribution in [0.4, 0.5) is 0 Å². The van der Waals surface area contributed by atoms with E-state index in [9.17, 15) is 0 Å². The molecule has 0 N–H and O–H groups in total. The third-order valence-corrected chi connectivity index (χ3v) is 4.40. The van der Waals surface area contributed by atoms with E-state index in [0.29, 0.717) is 21.2 Å². The van der Waals surface area contributed by atoms with Gasteiger partial charge in [-0.2, -0.15) is 0 Å². The van der Waals surface area contributed by atoms with Crippen LogP contribution < -0.4 is 21.2 Å². The second-order valence-corrected chi connectivity index (χ2v) is 5.97. The molecular formula is C9H11IN-. The number of rotatable bonds is 2. The molecule has 60 valence electrons. The number of hydrogen-bond acceptors (Lipinski definition) is 1. The zero-order chi connectivity index (χ0) is 7.68. The normalized spacial score (nSPS) is 22.5. The predicted octanol–water partition coefficient (Wildman–Crippen LogP) is -1.21. The number of hydrogen-bond donors (Lipinski definition) is 0. The fraction of sp³-hybridized carbons (Fsp3) is 0.444. The number of pyridine rings is 1. The van der Waals surface area contributed by atoms with E-state index in [1.165, 1.54) is 9.99 Å². The molecule has 0 saturated carbocycles. The first-order chi connectivity index (χ1) is 5.42. The standard InChI is InChI=1S/C9H11IN/c1-2-7-6-11-4-3-8(7)9-5-10-9/h3-4,6,9H,2,5H2,1H3/q-1. The number of aryl methyl sites for hydroxylation is 1. The summed E-state index contributed by atoms with van der Waals surface area (Å²) in [7, 11) is 0. The van der Waals surface area contributed by atoms with Gasteiger partial charge < -0.3 is 0 Å². The van der Waals surface area contributed by atoms with E-state index in [1.807, 2.05) is 12.4 Å². The van der Waals surface area contributed by atoms with Gasteiger partial charge in [0.2, 0.25) is 0 Å². The van der Waals surface area contributed by atoms with Crippen molar-refractivity contribution < 1.29 is 21.2 Å². The molecule has 2 heterocycles. The molecule has 1 atom stereocenters. The summed E-state index contributed by atoms with van der Waals surface area (Å²) in [6.07, 6.45) is 5.09. The van der Waals surface area contributed by atoms with Crippen LogP contribution >= 0.6 is 0 Å². The second kappa shape index (κ2) is 3.09. The predicted molar refractivity (Wildman–Crippen MR) is 41.2 cm³/mol. The van der Waals surface area contributed by atoms with Gasteiger partial charge in [-0.15, -0.1) is 0 Å². The number of alkyl halides is 2. The third-order valence-electron chi connectivity index (χ3n) is 1.97. The van der Waals surface area contributed by atoms with Crippen LogP contribution in [0, 0.1) is 0 Å². The molecule has 0 radical (unpaired) electrons. The molecule has 1 aliphatic heterocycles. The van der Waals surface area contributed by atoms with Gasteiger partial charge in [-0.05, 0) is 0 Å². The first kappa shape index (κ1) is 7.53. The Morgan fingerprint density at radius 3 is 3.18 bits per heavy atom. The molecule has 0 spiro atoms. The molecule has 0 amide bonds. The quantitative estimate of drug-likeness (QED) is 0.480. The molecule has 2 rings (SSSR count). The molecule has 0 aromatic carbocycles. The van der Waals surface area contributed by atoms with Crippen molar-refractivity contribution in [2.24, 2.45) is 0 Å². The van der Waals surface area contributed by atoms with E-state index < -0.39 is 0 Å². The molecule has 1 saturated heterocycles. The Kier molecular flexibility index (Phi) is 2.11. The Morgan fingerprint density at radius 2 is 2.55 bits per heavy atom. The van der Waals surface area contributed by atoms with Crippen molar-refractivity contribution in [3.8, 4) is 0 Å². The van der Waals surface area contributed by atoms with Crippen molar-refractivity contribution >= 4 is 0 Å². The number of aromatic nitrogens is 1. The van der Waals surface area contributed by atoms with Crippen molar-refractivity contribution in [3.05, 3.63) is 29.6 Å². The zero-order valence-corrected chi connectivity index (χ0v) is 8.71. The number of nitrogens with zero attached hydrogens (tertiary/aromatic N) is 1. The summed E-state index contributed by atoms with van der Waals surface area (Å²) in [5.74, 6) is 0. The average Bonchev–Trinajstić information content (AvgIpc) is 2.87. The van der Waals surface area contributed by atoms with Gasteiger partial charge >= 0.3 is 77.5 Å². The van der Waals surface area contributed by atoms with Crippen LogP contribution in [0.5, 0.6) is 0 Å². The van der Waals surface area contributed by atoms with Crippen molar-refractivity contribution in [1.29, 1.82) is 0 Å². The van der Waals surface area contributed by atoms with Gasteiger partial charge in [0.25, 0.3) is 0 Å². The summed E-state index contributed by atoms with van der Waals surface area (Å²) >= 11 is 0.545. The van der Waals surface area contributed by atoms with Gasteiger partial charge in [-0.1, -0.05) is 0 Å². The molecule has 1 aromatic rings. The SMILES string of the molecule is CCc1cnccc1C1C[I-]1. The Bertz CT molecular complexity index is 255. The second-order valence-electron chi connectivity index (χ2n) is 2.70.